The van der Waals surface area contributed by atoms with E-state index in [1.54, 1.807) is 7.11 Å². The van der Waals surface area contributed by atoms with Crippen LogP contribution >= 0.6 is 24.0 Å². The Morgan fingerprint density at radius 2 is 1.84 bits per heavy atom. The number of benzene rings is 1. The molecule has 1 aliphatic rings. The van der Waals surface area contributed by atoms with Gasteiger partial charge in [0.25, 0.3) is 0 Å². The van der Waals surface area contributed by atoms with Gasteiger partial charge < -0.3 is 25.0 Å². The van der Waals surface area contributed by atoms with Crippen LogP contribution in [0.4, 0.5) is 0 Å². The van der Waals surface area contributed by atoms with Crippen LogP contribution in [0, 0.1) is 0 Å². The molecular formula is C23H34IN5O2. The molecule has 2 heterocycles. The van der Waals surface area contributed by atoms with Crippen molar-refractivity contribution in [2.75, 3.05) is 33.8 Å². The van der Waals surface area contributed by atoms with Crippen molar-refractivity contribution in [2.45, 2.75) is 38.8 Å². The number of aromatic nitrogens is 1. The molecule has 2 N–H and O–H groups in total. The fourth-order valence-electron chi connectivity index (χ4n) is 3.53. The molecule has 8 heteroatoms. The summed E-state index contributed by atoms with van der Waals surface area (Å²) in [7, 11) is 3.45. The molecule has 0 amide bonds. The van der Waals surface area contributed by atoms with Gasteiger partial charge in [0.2, 0.25) is 5.88 Å². The lowest BCUT2D eigenvalue weighted by Crippen LogP contribution is -2.48. The zero-order valence-electron chi connectivity index (χ0n) is 18.6. The lowest BCUT2D eigenvalue weighted by Gasteiger charge is -2.32. The summed E-state index contributed by atoms with van der Waals surface area (Å²) in [5.74, 6) is 2.92. The summed E-state index contributed by atoms with van der Waals surface area (Å²) in [6, 6.07) is 11.8. The van der Waals surface area contributed by atoms with Crippen LogP contribution in [0.15, 0.2) is 47.6 Å². The number of pyridine rings is 1. The van der Waals surface area contributed by atoms with Crippen molar-refractivity contribution in [3.63, 3.8) is 0 Å². The molecule has 0 radical (unpaired) electrons. The Hall–Kier alpha value is -2.07. The molecule has 1 aliphatic heterocycles. The summed E-state index contributed by atoms with van der Waals surface area (Å²) >= 11 is 0. The van der Waals surface area contributed by atoms with Gasteiger partial charge >= 0.3 is 0 Å². The largest absolute Gasteiger partial charge is 0.497 e. The highest BCUT2D eigenvalue weighted by Gasteiger charge is 2.19. The third-order valence-corrected chi connectivity index (χ3v) is 5.23. The van der Waals surface area contributed by atoms with Crippen LogP contribution in [0.25, 0.3) is 0 Å². The molecule has 0 aliphatic carbocycles. The van der Waals surface area contributed by atoms with E-state index in [0.717, 1.165) is 49.0 Å². The zero-order valence-corrected chi connectivity index (χ0v) is 21.0. The highest BCUT2D eigenvalue weighted by Crippen LogP contribution is 2.22. The second-order valence-electron chi connectivity index (χ2n) is 7.47. The highest BCUT2D eigenvalue weighted by molar-refractivity contribution is 14.0. The minimum atomic E-state index is 0. The summed E-state index contributed by atoms with van der Waals surface area (Å²) in [6.45, 7) is 6.40. The molecule has 0 bridgehead atoms. The van der Waals surface area contributed by atoms with Crippen LogP contribution in [0.3, 0.4) is 0 Å². The number of piperidine rings is 1. The van der Waals surface area contributed by atoms with Gasteiger partial charge in [-0.3, -0.25) is 4.99 Å². The van der Waals surface area contributed by atoms with Gasteiger partial charge in [-0.1, -0.05) is 13.0 Å². The fraction of sp³-hybridized carbons (Fsp3) is 0.478. The molecule has 0 atom stereocenters. The SMILES string of the molecule is CCCN1CCC(NC(=NC)NCc2ccc(Oc3ccc(OC)cc3)nc2)CC1.I. The van der Waals surface area contributed by atoms with Crippen LogP contribution in [0.1, 0.15) is 31.7 Å². The van der Waals surface area contributed by atoms with Crippen molar-refractivity contribution in [3.8, 4) is 17.4 Å². The third-order valence-electron chi connectivity index (χ3n) is 5.23. The lowest BCUT2D eigenvalue weighted by atomic mass is 10.1. The predicted octanol–water partition coefficient (Wildman–Crippen LogP) is 4.04. The number of nitrogens with zero attached hydrogens (tertiary/aromatic N) is 3. The molecule has 0 spiro atoms. The molecule has 1 saturated heterocycles. The zero-order chi connectivity index (χ0) is 21.2. The quantitative estimate of drug-likeness (QED) is 0.300. The number of hydrogen-bond donors (Lipinski definition) is 2. The molecule has 3 rings (SSSR count). The number of halogens is 1. The Bertz CT molecular complexity index is 791. The minimum absolute atomic E-state index is 0. The van der Waals surface area contributed by atoms with Crippen molar-refractivity contribution in [1.29, 1.82) is 0 Å². The molecular weight excluding hydrogens is 505 g/mol. The molecule has 1 aromatic carbocycles. The van der Waals surface area contributed by atoms with Gasteiger partial charge in [-0.25, -0.2) is 4.98 Å². The van der Waals surface area contributed by atoms with Gasteiger partial charge in [0.05, 0.1) is 7.11 Å². The first kappa shape index (κ1) is 25.2. The first-order valence-electron chi connectivity index (χ1n) is 10.7. The molecule has 1 fully saturated rings. The van der Waals surface area contributed by atoms with E-state index in [9.17, 15) is 0 Å². The molecule has 31 heavy (non-hydrogen) atoms. The average Bonchev–Trinajstić information content (AvgIpc) is 2.79. The van der Waals surface area contributed by atoms with Gasteiger partial charge in [0, 0.05) is 45.0 Å². The molecule has 1 aromatic heterocycles. The number of methoxy groups -OCH3 is 1. The number of hydrogen-bond acceptors (Lipinski definition) is 5. The highest BCUT2D eigenvalue weighted by atomic mass is 127. The average molecular weight is 539 g/mol. The molecule has 170 valence electrons. The van der Waals surface area contributed by atoms with Gasteiger partial charge in [-0.2, -0.15) is 0 Å². The van der Waals surface area contributed by atoms with Crippen LogP contribution < -0.4 is 20.1 Å². The molecule has 7 nitrogen and oxygen atoms in total. The standard InChI is InChI=1S/C23H33N5O2.HI/c1-4-13-28-14-11-19(12-15-28)27-23(24-2)26-17-18-5-10-22(25-16-18)30-21-8-6-20(29-3)7-9-21;/h5-10,16,19H,4,11-15,17H2,1-3H3,(H2,24,26,27);1H. The number of likely N-dealkylation sites (tertiary alicyclic amines) is 1. The number of nitrogens with one attached hydrogen (secondary N) is 2. The molecule has 0 saturated carbocycles. The Kier molecular flexibility index (Phi) is 10.9. The van der Waals surface area contributed by atoms with Crippen molar-refractivity contribution >= 4 is 29.9 Å². The lowest BCUT2D eigenvalue weighted by molar-refractivity contribution is 0.206. The normalized spacial score (nSPS) is 15.1. The van der Waals surface area contributed by atoms with Crippen LogP contribution in [0.2, 0.25) is 0 Å². The van der Waals surface area contributed by atoms with E-state index in [2.05, 4.69) is 32.4 Å². The maximum Gasteiger partial charge on any atom is 0.219 e. The summed E-state index contributed by atoms with van der Waals surface area (Å²) in [4.78, 5) is 11.3. The fourth-order valence-corrected chi connectivity index (χ4v) is 3.53. The van der Waals surface area contributed by atoms with Crippen molar-refractivity contribution < 1.29 is 9.47 Å². The number of ether oxygens (including phenoxy) is 2. The van der Waals surface area contributed by atoms with Crippen LogP contribution in [0.5, 0.6) is 17.4 Å². The second-order valence-corrected chi connectivity index (χ2v) is 7.47. The van der Waals surface area contributed by atoms with E-state index in [4.69, 9.17) is 9.47 Å². The Balaban J connectivity index is 0.00000341. The van der Waals surface area contributed by atoms with Gasteiger partial charge in [-0.05, 0) is 55.6 Å². The molecule has 2 aromatic rings. The smallest absolute Gasteiger partial charge is 0.219 e. The van der Waals surface area contributed by atoms with Gasteiger partial charge in [0.15, 0.2) is 5.96 Å². The van der Waals surface area contributed by atoms with Crippen molar-refractivity contribution in [2.24, 2.45) is 4.99 Å². The third kappa shape index (κ3) is 8.17. The Morgan fingerprint density at radius 3 is 2.42 bits per heavy atom. The van der Waals surface area contributed by atoms with E-state index < -0.39 is 0 Å². The van der Waals surface area contributed by atoms with Crippen LogP contribution in [-0.2, 0) is 6.54 Å². The van der Waals surface area contributed by atoms with Crippen LogP contribution in [-0.4, -0.2) is 55.7 Å². The van der Waals surface area contributed by atoms with E-state index in [0.29, 0.717) is 18.5 Å². The Morgan fingerprint density at radius 1 is 1.13 bits per heavy atom. The number of guanidine groups is 1. The van der Waals surface area contributed by atoms with E-state index >= 15 is 0 Å². The molecule has 0 unspecified atom stereocenters. The topological polar surface area (TPSA) is 71.0 Å². The first-order chi connectivity index (χ1) is 14.7. The van der Waals surface area contributed by atoms with Crippen molar-refractivity contribution in [3.05, 3.63) is 48.2 Å². The maximum atomic E-state index is 5.78. The van der Waals surface area contributed by atoms with E-state index in [1.165, 1.54) is 13.0 Å². The maximum absolute atomic E-state index is 5.78. The second kappa shape index (κ2) is 13.4. The minimum Gasteiger partial charge on any atom is -0.497 e. The predicted molar refractivity (Wildman–Crippen MR) is 136 cm³/mol. The van der Waals surface area contributed by atoms with Gasteiger partial charge in [-0.15, -0.1) is 24.0 Å². The monoisotopic (exact) mass is 539 g/mol. The number of aliphatic imine (C=N–C) groups is 1. The van der Waals surface area contributed by atoms with E-state index in [-0.39, 0.29) is 24.0 Å². The first-order valence-corrected chi connectivity index (χ1v) is 10.7. The van der Waals surface area contributed by atoms with Gasteiger partial charge in [0.1, 0.15) is 11.5 Å². The summed E-state index contributed by atoms with van der Waals surface area (Å²) in [5, 5.41) is 6.93. The summed E-state index contributed by atoms with van der Waals surface area (Å²) in [6.07, 6.45) is 5.35. The van der Waals surface area contributed by atoms with Crippen molar-refractivity contribution in [1.82, 2.24) is 20.5 Å². The summed E-state index contributed by atoms with van der Waals surface area (Å²) < 4.78 is 10.9. The number of rotatable bonds is 8. The summed E-state index contributed by atoms with van der Waals surface area (Å²) in [5.41, 5.74) is 1.07. The Labute approximate surface area is 202 Å². The van der Waals surface area contributed by atoms with E-state index in [1.807, 2.05) is 49.6 Å².